The molecule has 1 aromatic heterocycles. The molecule has 0 atom stereocenters. The Hall–Kier alpha value is -2.63. The molecule has 2 rings (SSSR count). The van der Waals surface area contributed by atoms with E-state index in [2.05, 4.69) is 10.4 Å². The summed E-state index contributed by atoms with van der Waals surface area (Å²) in [4.78, 5) is 23.5. The van der Waals surface area contributed by atoms with Gasteiger partial charge in [0.05, 0.1) is 17.5 Å². The molecule has 0 radical (unpaired) electrons. The number of carbonyl (C=O) groups excluding carboxylic acids is 1. The molecule has 2 N–H and O–H groups in total. The fraction of sp³-hybridized carbons (Fsp3) is 0.389. The fourth-order valence-corrected chi connectivity index (χ4v) is 2.53. The highest BCUT2D eigenvalue weighted by molar-refractivity contribution is 5.92. The zero-order valence-electron chi connectivity index (χ0n) is 14.7. The number of nitrogens with zero attached hydrogens (tertiary/aromatic N) is 2. The van der Waals surface area contributed by atoms with E-state index in [1.54, 1.807) is 42.8 Å². The Morgan fingerprint density at radius 3 is 2.25 bits per heavy atom. The fourth-order valence-electron chi connectivity index (χ4n) is 2.53. The summed E-state index contributed by atoms with van der Waals surface area (Å²) in [6.45, 7) is 7.12. The van der Waals surface area contributed by atoms with Gasteiger partial charge in [-0.3, -0.25) is 14.3 Å². The smallest absolute Gasteiger partial charge is 0.313 e. The van der Waals surface area contributed by atoms with Crippen molar-refractivity contribution in [3.05, 3.63) is 46.8 Å². The van der Waals surface area contributed by atoms with Crippen molar-refractivity contribution in [1.82, 2.24) is 9.78 Å². The van der Waals surface area contributed by atoms with Crippen LogP contribution >= 0.6 is 0 Å². The molecule has 6 nitrogen and oxygen atoms in total. The molecular formula is C18H23N3O3. The number of nitrogens with one attached hydrogen (secondary N) is 1. The Morgan fingerprint density at radius 1 is 1.21 bits per heavy atom. The second-order valence-electron chi connectivity index (χ2n) is 6.51. The second kappa shape index (κ2) is 6.47. The van der Waals surface area contributed by atoms with Crippen LogP contribution in [0.5, 0.6) is 0 Å². The molecule has 1 aromatic carbocycles. The van der Waals surface area contributed by atoms with Crippen LogP contribution in [0.15, 0.2) is 24.3 Å². The first-order valence-corrected chi connectivity index (χ1v) is 7.75. The Balaban J connectivity index is 2.09. The standard InChI is InChI=1S/C18H23N3O3/c1-11-15(12(2)21(5)20-11)10-16(22)19-14-8-6-13(7-9-14)18(3,4)17(23)24/h6-9H,10H2,1-5H3,(H,19,22)(H,23,24). The number of benzene rings is 1. The van der Waals surface area contributed by atoms with Crippen molar-refractivity contribution in [2.45, 2.75) is 39.5 Å². The third kappa shape index (κ3) is 3.48. The summed E-state index contributed by atoms with van der Waals surface area (Å²) in [6.07, 6.45) is 0.258. The average molecular weight is 329 g/mol. The van der Waals surface area contributed by atoms with Crippen molar-refractivity contribution in [2.75, 3.05) is 5.32 Å². The second-order valence-corrected chi connectivity index (χ2v) is 6.51. The van der Waals surface area contributed by atoms with E-state index in [9.17, 15) is 14.7 Å². The maximum atomic E-state index is 12.2. The van der Waals surface area contributed by atoms with Crippen LogP contribution in [0.25, 0.3) is 0 Å². The lowest BCUT2D eigenvalue weighted by molar-refractivity contribution is -0.142. The van der Waals surface area contributed by atoms with Gasteiger partial charge >= 0.3 is 5.97 Å². The number of carbonyl (C=O) groups is 2. The van der Waals surface area contributed by atoms with Crippen molar-refractivity contribution >= 4 is 17.6 Å². The molecule has 0 aliphatic carbocycles. The number of amides is 1. The number of rotatable bonds is 5. The van der Waals surface area contributed by atoms with Crippen LogP contribution < -0.4 is 5.32 Å². The molecule has 0 aliphatic rings. The topological polar surface area (TPSA) is 84.2 Å². The molecule has 2 aromatic rings. The van der Waals surface area contributed by atoms with Gasteiger partial charge in [-0.15, -0.1) is 0 Å². The molecule has 0 aliphatic heterocycles. The number of aromatic nitrogens is 2. The Bertz CT molecular complexity index is 774. The first kappa shape index (κ1) is 17.7. The highest BCUT2D eigenvalue weighted by atomic mass is 16.4. The molecule has 0 saturated carbocycles. The Morgan fingerprint density at radius 2 is 1.79 bits per heavy atom. The molecular weight excluding hydrogens is 306 g/mol. The van der Waals surface area contributed by atoms with Crippen LogP contribution in [0.4, 0.5) is 5.69 Å². The van der Waals surface area contributed by atoms with E-state index < -0.39 is 11.4 Å². The monoisotopic (exact) mass is 329 g/mol. The predicted octanol–water partition coefficient (Wildman–Crippen LogP) is 2.58. The molecule has 1 amide bonds. The number of carboxylic acid groups (broad SMARTS) is 1. The number of hydrogen-bond donors (Lipinski definition) is 2. The molecule has 0 saturated heterocycles. The largest absolute Gasteiger partial charge is 0.481 e. The van der Waals surface area contributed by atoms with Crippen LogP contribution in [0.3, 0.4) is 0 Å². The van der Waals surface area contributed by atoms with Crippen LogP contribution in [-0.4, -0.2) is 26.8 Å². The van der Waals surface area contributed by atoms with E-state index in [-0.39, 0.29) is 12.3 Å². The van der Waals surface area contributed by atoms with Gasteiger partial charge in [-0.05, 0) is 45.4 Å². The molecule has 0 spiro atoms. The zero-order chi connectivity index (χ0) is 18.1. The first-order chi connectivity index (χ1) is 11.1. The molecule has 0 bridgehead atoms. The van der Waals surface area contributed by atoms with E-state index in [1.807, 2.05) is 20.9 Å². The molecule has 0 fully saturated rings. The average Bonchev–Trinajstić information content (AvgIpc) is 2.74. The van der Waals surface area contributed by atoms with E-state index >= 15 is 0 Å². The molecule has 1 heterocycles. The van der Waals surface area contributed by atoms with Gasteiger partial charge in [-0.1, -0.05) is 12.1 Å². The Labute approximate surface area is 141 Å². The van der Waals surface area contributed by atoms with E-state index in [0.717, 1.165) is 17.0 Å². The SMILES string of the molecule is Cc1nn(C)c(C)c1CC(=O)Nc1ccc(C(C)(C)C(=O)O)cc1. The van der Waals surface area contributed by atoms with E-state index in [1.165, 1.54) is 0 Å². The zero-order valence-corrected chi connectivity index (χ0v) is 14.7. The first-order valence-electron chi connectivity index (χ1n) is 7.75. The minimum Gasteiger partial charge on any atom is -0.481 e. The highest BCUT2D eigenvalue weighted by Gasteiger charge is 2.29. The van der Waals surface area contributed by atoms with Gasteiger partial charge in [0.2, 0.25) is 5.91 Å². The van der Waals surface area contributed by atoms with Crippen LogP contribution in [-0.2, 0) is 28.5 Å². The number of aryl methyl sites for hydroxylation is 2. The Kier molecular flexibility index (Phi) is 4.78. The normalized spacial score (nSPS) is 11.4. The molecule has 6 heteroatoms. The minimum atomic E-state index is -0.966. The number of carboxylic acids is 1. The van der Waals surface area contributed by atoms with Crippen LogP contribution in [0.1, 0.15) is 36.4 Å². The molecule has 128 valence electrons. The lowest BCUT2D eigenvalue weighted by Gasteiger charge is -2.19. The highest BCUT2D eigenvalue weighted by Crippen LogP contribution is 2.25. The number of anilines is 1. The molecule has 0 unspecified atom stereocenters. The van der Waals surface area contributed by atoms with Crippen molar-refractivity contribution in [3.63, 3.8) is 0 Å². The van der Waals surface area contributed by atoms with E-state index in [0.29, 0.717) is 11.3 Å². The van der Waals surface area contributed by atoms with Gasteiger partial charge in [-0.2, -0.15) is 5.10 Å². The minimum absolute atomic E-state index is 0.126. The summed E-state index contributed by atoms with van der Waals surface area (Å²) < 4.78 is 1.76. The summed E-state index contributed by atoms with van der Waals surface area (Å²) in [5.41, 5.74) is 3.12. The van der Waals surface area contributed by atoms with Gasteiger partial charge in [0.15, 0.2) is 0 Å². The van der Waals surface area contributed by atoms with Crippen LogP contribution in [0, 0.1) is 13.8 Å². The summed E-state index contributed by atoms with van der Waals surface area (Å²) in [6, 6.07) is 6.90. The summed E-state index contributed by atoms with van der Waals surface area (Å²) in [5.74, 6) is -1.01. The van der Waals surface area contributed by atoms with Gasteiger partial charge in [0.25, 0.3) is 0 Å². The van der Waals surface area contributed by atoms with Crippen LogP contribution in [0.2, 0.25) is 0 Å². The van der Waals surface area contributed by atoms with Gasteiger partial charge in [0, 0.05) is 24.0 Å². The van der Waals surface area contributed by atoms with Crippen molar-refractivity contribution < 1.29 is 14.7 Å². The summed E-state index contributed by atoms with van der Waals surface area (Å²) in [7, 11) is 1.85. The van der Waals surface area contributed by atoms with E-state index in [4.69, 9.17) is 0 Å². The van der Waals surface area contributed by atoms with Gasteiger partial charge < -0.3 is 10.4 Å². The summed E-state index contributed by atoms with van der Waals surface area (Å²) in [5, 5.41) is 16.4. The van der Waals surface area contributed by atoms with Gasteiger partial charge in [-0.25, -0.2) is 0 Å². The predicted molar refractivity (Wildman–Crippen MR) is 92.1 cm³/mol. The van der Waals surface area contributed by atoms with Crippen molar-refractivity contribution in [2.24, 2.45) is 7.05 Å². The maximum absolute atomic E-state index is 12.2. The summed E-state index contributed by atoms with van der Waals surface area (Å²) >= 11 is 0. The number of hydrogen-bond acceptors (Lipinski definition) is 3. The third-order valence-corrected chi connectivity index (χ3v) is 4.42. The molecule has 24 heavy (non-hydrogen) atoms. The van der Waals surface area contributed by atoms with Crippen molar-refractivity contribution in [1.29, 1.82) is 0 Å². The lowest BCUT2D eigenvalue weighted by atomic mass is 9.85. The lowest BCUT2D eigenvalue weighted by Crippen LogP contribution is -2.28. The number of aliphatic carboxylic acids is 1. The maximum Gasteiger partial charge on any atom is 0.313 e. The van der Waals surface area contributed by atoms with Gasteiger partial charge in [0.1, 0.15) is 0 Å². The quantitative estimate of drug-likeness (QED) is 0.883. The third-order valence-electron chi connectivity index (χ3n) is 4.42. The van der Waals surface area contributed by atoms with Crippen molar-refractivity contribution in [3.8, 4) is 0 Å².